The highest BCUT2D eigenvalue weighted by atomic mass is 15.0. The number of hydrogen-bond donors (Lipinski definition) is 1. The summed E-state index contributed by atoms with van der Waals surface area (Å²) in [5, 5.41) is 3.66. The van der Waals surface area contributed by atoms with Gasteiger partial charge in [0.25, 0.3) is 0 Å². The molecule has 1 aliphatic carbocycles. The quantitative estimate of drug-likeness (QED) is 0.734. The zero-order valence-corrected chi connectivity index (χ0v) is 9.26. The molecular weight excluding hydrogens is 172 g/mol. The fourth-order valence-electron chi connectivity index (χ4n) is 2.42. The Morgan fingerprint density at radius 1 is 1.36 bits per heavy atom. The molecule has 1 unspecified atom stereocenters. The molecule has 14 heavy (non-hydrogen) atoms. The van der Waals surface area contributed by atoms with Crippen LogP contribution in [-0.2, 0) is 0 Å². The third-order valence-corrected chi connectivity index (χ3v) is 3.64. The first kappa shape index (κ1) is 10.0. The Labute approximate surface area is 87.2 Å². The Morgan fingerprint density at radius 3 is 2.71 bits per heavy atom. The first-order chi connectivity index (χ1) is 6.90. The molecule has 1 aliphatic heterocycles. The van der Waals surface area contributed by atoms with Crippen molar-refractivity contribution >= 4 is 5.84 Å². The van der Waals surface area contributed by atoms with E-state index in [1.807, 2.05) is 0 Å². The van der Waals surface area contributed by atoms with E-state index in [1.54, 1.807) is 0 Å². The van der Waals surface area contributed by atoms with Crippen LogP contribution in [0.5, 0.6) is 0 Å². The molecule has 1 heterocycles. The summed E-state index contributed by atoms with van der Waals surface area (Å²) in [6.07, 6.45) is 9.35. The molecule has 80 valence electrons. The molecule has 1 atom stereocenters. The van der Waals surface area contributed by atoms with Gasteiger partial charge in [-0.25, -0.2) is 0 Å². The van der Waals surface area contributed by atoms with Gasteiger partial charge in [-0.15, -0.1) is 0 Å². The molecule has 1 saturated carbocycles. The summed E-state index contributed by atoms with van der Waals surface area (Å²) in [7, 11) is 0. The van der Waals surface area contributed by atoms with Gasteiger partial charge in [0.1, 0.15) is 0 Å². The van der Waals surface area contributed by atoms with Crippen molar-refractivity contribution in [3.8, 4) is 0 Å². The largest absolute Gasteiger partial charge is 0.371 e. The van der Waals surface area contributed by atoms with E-state index >= 15 is 0 Å². The molecule has 0 aromatic carbocycles. The number of aliphatic imine (C=N–C) groups is 1. The molecule has 0 saturated heterocycles. The molecule has 1 N–H and O–H groups in total. The van der Waals surface area contributed by atoms with Gasteiger partial charge >= 0.3 is 0 Å². The van der Waals surface area contributed by atoms with Crippen LogP contribution >= 0.6 is 0 Å². The van der Waals surface area contributed by atoms with E-state index in [-0.39, 0.29) is 0 Å². The molecule has 0 aromatic rings. The van der Waals surface area contributed by atoms with Crippen LogP contribution in [0.15, 0.2) is 4.99 Å². The van der Waals surface area contributed by atoms with Gasteiger partial charge in [-0.05, 0) is 38.0 Å². The average molecular weight is 194 g/mol. The third kappa shape index (κ3) is 2.28. The molecule has 2 rings (SSSR count). The predicted molar refractivity (Wildman–Crippen MR) is 60.7 cm³/mol. The van der Waals surface area contributed by atoms with Crippen LogP contribution in [0.4, 0.5) is 0 Å². The first-order valence-corrected chi connectivity index (χ1v) is 6.20. The van der Waals surface area contributed by atoms with Crippen LogP contribution in [-0.4, -0.2) is 18.4 Å². The molecule has 0 aromatic heterocycles. The van der Waals surface area contributed by atoms with E-state index in [1.165, 1.54) is 50.8 Å². The number of rotatable bonds is 3. The Hall–Kier alpha value is -0.530. The average Bonchev–Trinajstić information content (AvgIpc) is 2.15. The summed E-state index contributed by atoms with van der Waals surface area (Å²) >= 11 is 0. The van der Waals surface area contributed by atoms with Crippen LogP contribution in [0.3, 0.4) is 0 Å². The highest BCUT2D eigenvalue weighted by Gasteiger charge is 2.26. The fourth-order valence-corrected chi connectivity index (χ4v) is 2.42. The lowest BCUT2D eigenvalue weighted by atomic mass is 9.78. The summed E-state index contributed by atoms with van der Waals surface area (Å²) in [6.45, 7) is 3.34. The minimum atomic E-state index is 0.709. The SMILES string of the molecule is CCC(NC1=NCCCC1)C1CCC1. The van der Waals surface area contributed by atoms with Crippen molar-refractivity contribution in [1.82, 2.24) is 5.32 Å². The van der Waals surface area contributed by atoms with E-state index in [0.717, 1.165) is 12.5 Å². The Balaban J connectivity index is 1.83. The maximum atomic E-state index is 4.56. The minimum Gasteiger partial charge on any atom is -0.371 e. The van der Waals surface area contributed by atoms with Gasteiger partial charge in [-0.2, -0.15) is 0 Å². The topological polar surface area (TPSA) is 24.4 Å². The number of hydrogen-bond acceptors (Lipinski definition) is 2. The lowest BCUT2D eigenvalue weighted by Gasteiger charge is -2.35. The van der Waals surface area contributed by atoms with E-state index in [2.05, 4.69) is 17.2 Å². The van der Waals surface area contributed by atoms with E-state index in [9.17, 15) is 0 Å². The molecule has 0 bridgehead atoms. The van der Waals surface area contributed by atoms with Gasteiger partial charge in [0.15, 0.2) is 0 Å². The maximum absolute atomic E-state index is 4.56. The fraction of sp³-hybridized carbons (Fsp3) is 0.917. The number of amidine groups is 1. The highest BCUT2D eigenvalue weighted by molar-refractivity contribution is 5.82. The van der Waals surface area contributed by atoms with Crippen molar-refractivity contribution in [3.05, 3.63) is 0 Å². The highest BCUT2D eigenvalue weighted by Crippen LogP contribution is 2.31. The van der Waals surface area contributed by atoms with Crippen LogP contribution in [0.2, 0.25) is 0 Å². The Bertz CT molecular complexity index is 206. The Morgan fingerprint density at radius 2 is 2.21 bits per heavy atom. The second-order valence-corrected chi connectivity index (χ2v) is 4.64. The summed E-state index contributed by atoms with van der Waals surface area (Å²) in [6, 6.07) is 0.709. The number of nitrogens with one attached hydrogen (secondary N) is 1. The molecule has 2 aliphatic rings. The van der Waals surface area contributed by atoms with E-state index in [0.29, 0.717) is 6.04 Å². The lowest BCUT2D eigenvalue weighted by molar-refractivity contribution is 0.241. The Kier molecular flexibility index (Phi) is 3.44. The molecule has 0 amide bonds. The monoisotopic (exact) mass is 194 g/mol. The predicted octanol–water partition coefficient (Wildman–Crippen LogP) is 2.74. The lowest BCUT2D eigenvalue weighted by Crippen LogP contribution is -2.43. The maximum Gasteiger partial charge on any atom is 0.0965 e. The summed E-state index contributed by atoms with van der Waals surface area (Å²) in [4.78, 5) is 4.56. The van der Waals surface area contributed by atoms with Crippen LogP contribution in [0, 0.1) is 5.92 Å². The normalized spacial score (nSPS) is 25.1. The van der Waals surface area contributed by atoms with Gasteiger partial charge < -0.3 is 5.32 Å². The van der Waals surface area contributed by atoms with Gasteiger partial charge in [0.05, 0.1) is 5.84 Å². The van der Waals surface area contributed by atoms with Crippen LogP contribution in [0.25, 0.3) is 0 Å². The molecule has 1 fully saturated rings. The van der Waals surface area contributed by atoms with Crippen molar-refractivity contribution < 1.29 is 0 Å². The molecular formula is C12H22N2. The van der Waals surface area contributed by atoms with Gasteiger partial charge in [-0.3, -0.25) is 4.99 Å². The van der Waals surface area contributed by atoms with Gasteiger partial charge in [0, 0.05) is 19.0 Å². The molecule has 0 spiro atoms. The van der Waals surface area contributed by atoms with Crippen LogP contribution in [0.1, 0.15) is 51.9 Å². The van der Waals surface area contributed by atoms with Crippen molar-refractivity contribution in [1.29, 1.82) is 0 Å². The standard InChI is InChI=1S/C12H22N2/c1-2-11(10-6-5-7-10)14-12-8-3-4-9-13-12/h10-11H,2-9H2,1H3,(H,13,14). The molecule has 0 radical (unpaired) electrons. The van der Waals surface area contributed by atoms with Gasteiger partial charge in [0.2, 0.25) is 0 Å². The summed E-state index contributed by atoms with van der Waals surface area (Å²) < 4.78 is 0. The third-order valence-electron chi connectivity index (χ3n) is 3.64. The summed E-state index contributed by atoms with van der Waals surface area (Å²) in [5.41, 5.74) is 0. The zero-order valence-electron chi connectivity index (χ0n) is 9.26. The number of nitrogens with zero attached hydrogens (tertiary/aromatic N) is 1. The smallest absolute Gasteiger partial charge is 0.0965 e. The van der Waals surface area contributed by atoms with Crippen molar-refractivity contribution in [2.75, 3.05) is 6.54 Å². The zero-order chi connectivity index (χ0) is 9.80. The first-order valence-electron chi connectivity index (χ1n) is 6.20. The second-order valence-electron chi connectivity index (χ2n) is 4.64. The second kappa shape index (κ2) is 4.81. The van der Waals surface area contributed by atoms with E-state index in [4.69, 9.17) is 0 Å². The van der Waals surface area contributed by atoms with E-state index < -0.39 is 0 Å². The molecule has 2 heteroatoms. The minimum absolute atomic E-state index is 0.709. The molecule has 2 nitrogen and oxygen atoms in total. The van der Waals surface area contributed by atoms with Gasteiger partial charge in [-0.1, -0.05) is 13.3 Å². The van der Waals surface area contributed by atoms with Crippen molar-refractivity contribution in [2.24, 2.45) is 10.9 Å². The van der Waals surface area contributed by atoms with Crippen LogP contribution < -0.4 is 5.32 Å². The van der Waals surface area contributed by atoms with Crippen molar-refractivity contribution in [2.45, 2.75) is 57.9 Å². The van der Waals surface area contributed by atoms with Crippen molar-refractivity contribution in [3.63, 3.8) is 0 Å². The summed E-state index contributed by atoms with van der Waals surface area (Å²) in [5.74, 6) is 2.22.